The summed E-state index contributed by atoms with van der Waals surface area (Å²) in [5.74, 6) is -2.59. The lowest BCUT2D eigenvalue weighted by Gasteiger charge is -2.30. The van der Waals surface area contributed by atoms with Gasteiger partial charge in [0.1, 0.15) is 5.82 Å². The molecule has 5 rings (SSSR count). The number of amides is 1. The minimum absolute atomic E-state index is 0.0395. The molecule has 1 aromatic heterocycles. The van der Waals surface area contributed by atoms with E-state index in [-0.39, 0.29) is 25.2 Å². The van der Waals surface area contributed by atoms with E-state index in [0.717, 1.165) is 0 Å². The lowest BCUT2D eigenvalue weighted by Crippen LogP contribution is -2.40. The van der Waals surface area contributed by atoms with E-state index in [1.54, 1.807) is 24.3 Å². The lowest BCUT2D eigenvalue weighted by molar-refractivity contribution is -0.143. The summed E-state index contributed by atoms with van der Waals surface area (Å²) in [6.07, 6.45) is 3.42. The van der Waals surface area contributed by atoms with Crippen LogP contribution in [0.5, 0.6) is 0 Å². The fourth-order valence-corrected chi connectivity index (χ4v) is 4.54. The number of carboxylic acids is 1. The van der Waals surface area contributed by atoms with Crippen molar-refractivity contribution >= 4 is 22.8 Å². The number of rotatable bonds is 4. The molecule has 3 N–H and O–H groups in total. The van der Waals surface area contributed by atoms with Gasteiger partial charge in [-0.1, -0.05) is 18.2 Å². The molecule has 0 aliphatic carbocycles. The third-order valence-corrected chi connectivity index (χ3v) is 6.60. The average molecular weight is 497 g/mol. The van der Waals surface area contributed by atoms with Gasteiger partial charge in [0.25, 0.3) is 11.5 Å². The number of carbonyl (C=O) groups excluding carboxylic acids is 1. The third kappa shape index (κ3) is 5.71. The number of aromatic nitrogens is 2. The third-order valence-electron chi connectivity index (χ3n) is 6.60. The Balaban J connectivity index is 0.000000543. The van der Waals surface area contributed by atoms with Crippen LogP contribution in [0.3, 0.4) is 0 Å². The zero-order valence-electron chi connectivity index (χ0n) is 19.8. The Morgan fingerprint density at radius 3 is 2.36 bits per heavy atom. The Morgan fingerprint density at radius 2 is 1.72 bits per heavy atom. The van der Waals surface area contributed by atoms with Gasteiger partial charge >= 0.3 is 11.7 Å². The minimum Gasteiger partial charge on any atom is -0.481 e. The predicted octanol–water partition coefficient (Wildman–Crippen LogP) is 2.18. The number of fused-ring (bicyclic) bond motifs is 1. The fraction of sp³-hybridized carbons (Fsp3) is 0.385. The van der Waals surface area contributed by atoms with Crippen molar-refractivity contribution in [1.29, 1.82) is 0 Å². The van der Waals surface area contributed by atoms with Gasteiger partial charge in [0.15, 0.2) is 0 Å². The second-order valence-electron chi connectivity index (χ2n) is 9.04. The zero-order valence-corrected chi connectivity index (χ0v) is 19.8. The van der Waals surface area contributed by atoms with E-state index in [9.17, 15) is 23.6 Å². The Labute approximate surface area is 206 Å². The Kier molecular flexibility index (Phi) is 7.94. The normalized spacial score (nSPS) is 16.0. The van der Waals surface area contributed by atoms with Crippen LogP contribution in [0.2, 0.25) is 0 Å². The number of nitrogens with one attached hydrogen (secondary N) is 2. The first-order chi connectivity index (χ1) is 17.3. The second-order valence-corrected chi connectivity index (χ2v) is 9.04. The molecule has 10 heteroatoms. The summed E-state index contributed by atoms with van der Waals surface area (Å²) in [5.41, 5.74) is -0.269. The number of hydrogen-bond donors (Lipinski definition) is 3. The molecule has 9 nitrogen and oxygen atoms in total. The van der Waals surface area contributed by atoms with E-state index < -0.39 is 34.9 Å². The lowest BCUT2D eigenvalue weighted by atomic mass is 9.96. The average Bonchev–Trinajstić information content (AvgIpc) is 3.48. The topological polar surface area (TPSA) is 124 Å². The summed E-state index contributed by atoms with van der Waals surface area (Å²) >= 11 is 0. The number of aliphatic carboxylic acids is 1. The van der Waals surface area contributed by atoms with Gasteiger partial charge in [-0.25, -0.2) is 9.18 Å². The van der Waals surface area contributed by atoms with E-state index >= 15 is 0 Å². The summed E-state index contributed by atoms with van der Waals surface area (Å²) in [6, 6.07) is 10.7. The zero-order chi connectivity index (χ0) is 25.7. The van der Waals surface area contributed by atoms with E-state index in [1.807, 2.05) is 0 Å². The van der Waals surface area contributed by atoms with Crippen LogP contribution in [0.4, 0.5) is 4.39 Å². The van der Waals surface area contributed by atoms with Crippen molar-refractivity contribution in [2.45, 2.75) is 32.2 Å². The summed E-state index contributed by atoms with van der Waals surface area (Å²) in [4.78, 5) is 52.1. The van der Waals surface area contributed by atoms with E-state index in [4.69, 9.17) is 5.11 Å². The number of aromatic amines is 1. The van der Waals surface area contributed by atoms with E-state index in [0.29, 0.717) is 29.3 Å². The molecule has 1 amide bonds. The van der Waals surface area contributed by atoms with Crippen LogP contribution in [-0.4, -0.2) is 57.6 Å². The first-order valence-corrected chi connectivity index (χ1v) is 12.1. The Hall–Kier alpha value is -3.79. The molecule has 190 valence electrons. The highest BCUT2D eigenvalue weighted by Gasteiger charge is 2.28. The monoisotopic (exact) mass is 496 g/mol. The van der Waals surface area contributed by atoms with E-state index in [2.05, 4.69) is 10.3 Å². The maximum atomic E-state index is 14.4. The van der Waals surface area contributed by atoms with Gasteiger partial charge in [0.2, 0.25) is 0 Å². The molecule has 2 aromatic carbocycles. The molecule has 2 fully saturated rings. The first-order valence-electron chi connectivity index (χ1n) is 12.1. The van der Waals surface area contributed by atoms with Gasteiger partial charge in [-0.3, -0.25) is 23.9 Å². The SMILES string of the molecule is C1CCNC1.O=C(O)C1CCN(C(=O)c2cc(Cn3c(=O)[nH]c(=O)c4ccccc43)ccc2F)CC1. The molecule has 0 spiro atoms. The number of benzene rings is 2. The van der Waals surface area contributed by atoms with Gasteiger partial charge in [-0.2, -0.15) is 0 Å². The van der Waals surface area contributed by atoms with Crippen molar-refractivity contribution in [3.63, 3.8) is 0 Å². The van der Waals surface area contributed by atoms with Crippen molar-refractivity contribution in [3.8, 4) is 0 Å². The predicted molar refractivity (Wildman–Crippen MR) is 133 cm³/mol. The number of para-hydroxylation sites is 1. The molecule has 3 aromatic rings. The van der Waals surface area contributed by atoms with Crippen molar-refractivity contribution in [2.75, 3.05) is 26.2 Å². The highest BCUT2D eigenvalue weighted by atomic mass is 19.1. The second kappa shape index (κ2) is 11.3. The van der Waals surface area contributed by atoms with Crippen molar-refractivity contribution in [1.82, 2.24) is 19.8 Å². The van der Waals surface area contributed by atoms with Gasteiger partial charge in [0.05, 0.1) is 28.9 Å². The van der Waals surface area contributed by atoms with Crippen molar-refractivity contribution in [3.05, 3.63) is 80.2 Å². The number of likely N-dealkylation sites (tertiary alicyclic amines) is 1. The highest BCUT2D eigenvalue weighted by Crippen LogP contribution is 2.21. The van der Waals surface area contributed by atoms with Crippen molar-refractivity contribution in [2.24, 2.45) is 5.92 Å². The van der Waals surface area contributed by atoms with E-state index in [1.165, 1.54) is 53.6 Å². The molecular formula is C26H29FN4O5. The number of nitrogens with zero attached hydrogens (tertiary/aromatic N) is 2. The molecular weight excluding hydrogens is 467 g/mol. The minimum atomic E-state index is -0.890. The molecule has 2 aliphatic rings. The van der Waals surface area contributed by atoms with Crippen LogP contribution in [0.1, 0.15) is 41.6 Å². The molecule has 0 saturated carbocycles. The van der Waals surface area contributed by atoms with Crippen LogP contribution in [0, 0.1) is 11.7 Å². The van der Waals surface area contributed by atoms with Gasteiger partial charge in [-0.05, 0) is 68.6 Å². The van der Waals surface area contributed by atoms with Gasteiger partial charge in [-0.15, -0.1) is 0 Å². The Morgan fingerprint density at radius 1 is 1.03 bits per heavy atom. The summed E-state index contributed by atoms with van der Waals surface area (Å²) in [5, 5.41) is 12.7. The smallest absolute Gasteiger partial charge is 0.329 e. The number of carbonyl (C=O) groups is 2. The van der Waals surface area contributed by atoms with Gasteiger partial charge in [0, 0.05) is 13.1 Å². The Bertz CT molecular complexity index is 1360. The summed E-state index contributed by atoms with van der Waals surface area (Å²) < 4.78 is 15.8. The van der Waals surface area contributed by atoms with Crippen LogP contribution in [0.25, 0.3) is 10.9 Å². The van der Waals surface area contributed by atoms with Crippen LogP contribution in [0.15, 0.2) is 52.1 Å². The number of carboxylic acid groups (broad SMARTS) is 1. The number of halogens is 1. The standard InChI is InChI=1S/C22H20FN3O5.C4H9N/c23-17-6-5-13(11-16(17)20(28)25-9-7-14(8-10-25)21(29)30)12-26-18-4-2-1-3-15(18)19(27)24-22(26)31;1-2-4-5-3-1/h1-6,11,14H,7-10,12H2,(H,29,30)(H,24,27,31);5H,1-4H2. The van der Waals surface area contributed by atoms with Crippen LogP contribution >= 0.6 is 0 Å². The largest absolute Gasteiger partial charge is 0.481 e. The molecule has 0 radical (unpaired) electrons. The number of hydrogen-bond acceptors (Lipinski definition) is 5. The highest BCUT2D eigenvalue weighted by molar-refractivity contribution is 5.95. The quantitative estimate of drug-likeness (QED) is 0.509. The van der Waals surface area contributed by atoms with Crippen LogP contribution in [-0.2, 0) is 11.3 Å². The maximum absolute atomic E-state index is 14.4. The number of H-pyrrole nitrogens is 1. The molecule has 3 heterocycles. The van der Waals surface area contributed by atoms with Crippen molar-refractivity contribution < 1.29 is 19.1 Å². The maximum Gasteiger partial charge on any atom is 0.329 e. The molecule has 0 bridgehead atoms. The van der Waals surface area contributed by atoms with Gasteiger partial charge < -0.3 is 15.3 Å². The fourth-order valence-electron chi connectivity index (χ4n) is 4.54. The summed E-state index contributed by atoms with van der Waals surface area (Å²) in [6.45, 7) is 3.02. The molecule has 2 aliphatic heterocycles. The molecule has 36 heavy (non-hydrogen) atoms. The van der Waals surface area contributed by atoms with Crippen LogP contribution < -0.4 is 16.6 Å². The first kappa shape index (κ1) is 25.3. The number of piperidine rings is 1. The molecule has 0 unspecified atom stereocenters. The summed E-state index contributed by atoms with van der Waals surface area (Å²) in [7, 11) is 0. The molecule has 2 saturated heterocycles. The molecule has 0 atom stereocenters.